The van der Waals surface area contributed by atoms with E-state index >= 15 is 0 Å². The summed E-state index contributed by atoms with van der Waals surface area (Å²) in [5.74, 6) is 2.11. The summed E-state index contributed by atoms with van der Waals surface area (Å²) in [4.78, 5) is 21.4. The van der Waals surface area contributed by atoms with Crippen LogP contribution >= 0.6 is 22.9 Å². The molecular weight excluding hydrogens is 556 g/mol. The number of nitrogens with zero attached hydrogens (tertiary/aromatic N) is 3. The molecule has 6 rings (SSSR count). The van der Waals surface area contributed by atoms with Crippen LogP contribution in [0.3, 0.4) is 0 Å². The Balaban J connectivity index is 0.957. The maximum absolute atomic E-state index is 13.3. The number of carbonyl (C=O) groups excluding carboxylic acids is 1. The Morgan fingerprint density at radius 2 is 1.73 bits per heavy atom. The molecule has 218 valence electrons. The van der Waals surface area contributed by atoms with Crippen LogP contribution in [0.1, 0.15) is 23.3 Å². The Morgan fingerprint density at radius 3 is 2.51 bits per heavy atom. The minimum Gasteiger partial charge on any atom is -0.485 e. The summed E-state index contributed by atoms with van der Waals surface area (Å²) in [5, 5.41) is 2.81. The normalized spacial score (nSPS) is 19.3. The zero-order valence-corrected chi connectivity index (χ0v) is 25.0. The van der Waals surface area contributed by atoms with Crippen LogP contribution in [0.25, 0.3) is 11.1 Å². The molecule has 9 heteroatoms. The molecule has 0 aliphatic carbocycles. The van der Waals surface area contributed by atoms with Gasteiger partial charge in [-0.3, -0.25) is 9.69 Å². The third-order valence-electron chi connectivity index (χ3n) is 8.70. The predicted molar refractivity (Wildman–Crippen MR) is 165 cm³/mol. The van der Waals surface area contributed by atoms with Crippen LogP contribution in [-0.2, 0) is 17.8 Å². The van der Waals surface area contributed by atoms with Crippen molar-refractivity contribution in [3.63, 3.8) is 0 Å². The van der Waals surface area contributed by atoms with Crippen molar-refractivity contribution in [2.24, 2.45) is 11.7 Å². The minimum absolute atomic E-state index is 0.111. The molecule has 1 amide bonds. The van der Waals surface area contributed by atoms with Gasteiger partial charge in [-0.2, -0.15) is 0 Å². The Bertz CT molecular complexity index is 1320. The molecule has 0 bridgehead atoms. The van der Waals surface area contributed by atoms with Gasteiger partial charge in [0.05, 0.1) is 10.9 Å². The van der Waals surface area contributed by atoms with Crippen molar-refractivity contribution in [2.75, 3.05) is 59.0 Å². The van der Waals surface area contributed by atoms with Crippen molar-refractivity contribution >= 4 is 28.8 Å². The van der Waals surface area contributed by atoms with Gasteiger partial charge in [0.25, 0.3) is 0 Å². The zero-order valence-electron chi connectivity index (χ0n) is 23.5. The van der Waals surface area contributed by atoms with Crippen LogP contribution in [0.15, 0.2) is 53.9 Å². The number of thiophene rings is 1. The first-order valence-electron chi connectivity index (χ1n) is 14.7. The summed E-state index contributed by atoms with van der Waals surface area (Å²) in [5.41, 5.74) is 10.3. The van der Waals surface area contributed by atoms with Gasteiger partial charge in [0, 0.05) is 49.7 Å². The summed E-state index contributed by atoms with van der Waals surface area (Å²) < 4.78 is 11.5. The van der Waals surface area contributed by atoms with Crippen LogP contribution < -0.4 is 15.2 Å². The van der Waals surface area contributed by atoms with E-state index in [-0.39, 0.29) is 11.8 Å². The molecule has 3 aliphatic rings. The van der Waals surface area contributed by atoms with E-state index < -0.39 is 6.04 Å². The summed E-state index contributed by atoms with van der Waals surface area (Å²) in [6, 6.07) is 16.3. The number of hydrogen-bond donors (Lipinski definition) is 1. The largest absolute Gasteiger partial charge is 0.485 e. The van der Waals surface area contributed by atoms with Crippen LogP contribution in [0, 0.1) is 5.92 Å². The minimum atomic E-state index is -0.420. The first kappa shape index (κ1) is 28.5. The number of fused-ring (bicyclic) bond motifs is 1. The van der Waals surface area contributed by atoms with Gasteiger partial charge in [-0.1, -0.05) is 48.0 Å². The van der Waals surface area contributed by atoms with E-state index in [9.17, 15) is 4.79 Å². The average Bonchev–Trinajstić information content (AvgIpc) is 3.43. The van der Waals surface area contributed by atoms with Gasteiger partial charge in [-0.05, 0) is 67.1 Å². The average molecular weight is 595 g/mol. The highest BCUT2D eigenvalue weighted by Gasteiger charge is 2.33. The number of rotatable bonds is 8. The summed E-state index contributed by atoms with van der Waals surface area (Å²) in [6.45, 7) is 8.10. The Labute approximate surface area is 251 Å². The number of piperidine rings is 1. The predicted octanol–water partition coefficient (Wildman–Crippen LogP) is 4.77. The van der Waals surface area contributed by atoms with Gasteiger partial charge >= 0.3 is 0 Å². The molecule has 2 fully saturated rings. The van der Waals surface area contributed by atoms with Crippen LogP contribution in [0.4, 0.5) is 0 Å². The molecular formula is C32H39ClN4O3S. The number of halogens is 1. The highest BCUT2D eigenvalue weighted by Crippen LogP contribution is 2.40. The van der Waals surface area contributed by atoms with Gasteiger partial charge in [0.2, 0.25) is 5.91 Å². The topological polar surface area (TPSA) is 71.3 Å². The number of hydrogen-bond acceptors (Lipinski definition) is 7. The second-order valence-electron chi connectivity index (χ2n) is 11.3. The van der Waals surface area contributed by atoms with E-state index in [1.807, 2.05) is 22.4 Å². The number of amides is 1. The summed E-state index contributed by atoms with van der Waals surface area (Å²) >= 11 is 8.05. The SMILES string of the molecule is N[C@@H](C(=O)N1CCN(Cc2scc3c2OCCO3)CC1)C1CCN(CCc2cc(Cl)ccc2-c2ccccc2)CC1. The first-order chi connectivity index (χ1) is 20.0. The quantitative estimate of drug-likeness (QED) is 0.405. The molecule has 1 aromatic heterocycles. The fraction of sp³-hybridized carbons (Fsp3) is 0.469. The smallest absolute Gasteiger partial charge is 0.239 e. The van der Waals surface area contributed by atoms with E-state index in [2.05, 4.69) is 46.2 Å². The number of nitrogens with two attached hydrogens (primary N) is 1. The van der Waals surface area contributed by atoms with E-state index in [0.29, 0.717) is 13.2 Å². The molecule has 2 N–H and O–H groups in total. The van der Waals surface area contributed by atoms with Crippen molar-refractivity contribution in [3.05, 3.63) is 69.4 Å². The van der Waals surface area contributed by atoms with Crippen LogP contribution in [0.5, 0.6) is 11.5 Å². The molecule has 3 aliphatic heterocycles. The monoisotopic (exact) mass is 594 g/mol. The van der Waals surface area contributed by atoms with Gasteiger partial charge in [0.1, 0.15) is 13.2 Å². The number of ether oxygens (including phenoxy) is 2. The standard InChI is InChI=1S/C32H39ClN4O3S/c33-26-6-7-27(23-4-2-1-3-5-23)25(20-26)10-13-35-11-8-24(9-12-35)30(34)32(38)37-16-14-36(15-17-37)21-29-31-28(22-41-29)39-18-19-40-31/h1-7,20,22,24,30H,8-19,21,34H2/t30-/m1/s1. The number of piperazine rings is 1. The lowest BCUT2D eigenvalue weighted by atomic mass is 9.88. The van der Waals surface area contributed by atoms with Crippen molar-refractivity contribution in [1.29, 1.82) is 0 Å². The number of likely N-dealkylation sites (tertiary alicyclic amines) is 1. The Kier molecular flexibility index (Phi) is 9.13. The number of benzene rings is 2. The molecule has 0 radical (unpaired) electrons. The first-order valence-corrected chi connectivity index (χ1v) is 16.0. The lowest BCUT2D eigenvalue weighted by molar-refractivity contribution is -0.136. The summed E-state index contributed by atoms with van der Waals surface area (Å²) in [6.07, 6.45) is 2.86. The summed E-state index contributed by atoms with van der Waals surface area (Å²) in [7, 11) is 0. The van der Waals surface area contributed by atoms with Gasteiger partial charge in [0.15, 0.2) is 11.5 Å². The molecule has 3 aromatic rings. The highest BCUT2D eigenvalue weighted by molar-refractivity contribution is 7.10. The van der Waals surface area contributed by atoms with Crippen LogP contribution in [-0.4, -0.2) is 85.7 Å². The van der Waals surface area contributed by atoms with E-state index in [4.69, 9.17) is 26.8 Å². The van der Waals surface area contributed by atoms with Gasteiger partial charge in [-0.25, -0.2) is 0 Å². The van der Waals surface area contributed by atoms with Gasteiger partial charge in [-0.15, -0.1) is 11.3 Å². The fourth-order valence-electron chi connectivity index (χ4n) is 6.25. The lowest BCUT2D eigenvalue weighted by Crippen LogP contribution is -2.55. The third kappa shape index (κ3) is 6.73. The van der Waals surface area contributed by atoms with E-state index in [1.165, 1.54) is 21.6 Å². The fourth-order valence-corrected chi connectivity index (χ4v) is 7.39. The molecule has 4 heterocycles. The molecule has 2 aromatic carbocycles. The maximum Gasteiger partial charge on any atom is 0.239 e. The zero-order chi connectivity index (χ0) is 28.2. The maximum atomic E-state index is 13.3. The molecule has 2 saturated heterocycles. The van der Waals surface area contributed by atoms with E-state index in [0.717, 1.165) is 88.1 Å². The lowest BCUT2D eigenvalue weighted by Gasteiger charge is -2.39. The van der Waals surface area contributed by atoms with Crippen molar-refractivity contribution in [2.45, 2.75) is 31.8 Å². The molecule has 1 atom stereocenters. The second-order valence-corrected chi connectivity index (χ2v) is 12.7. The third-order valence-corrected chi connectivity index (χ3v) is 9.86. The Morgan fingerprint density at radius 1 is 0.976 bits per heavy atom. The molecule has 0 unspecified atom stereocenters. The molecule has 7 nitrogen and oxygen atoms in total. The number of carbonyl (C=O) groups is 1. The van der Waals surface area contributed by atoms with Gasteiger partial charge < -0.3 is 25.0 Å². The highest BCUT2D eigenvalue weighted by atomic mass is 35.5. The Hall–Kier alpha value is -2.62. The van der Waals surface area contributed by atoms with Crippen LogP contribution in [0.2, 0.25) is 5.02 Å². The van der Waals surface area contributed by atoms with Crippen molar-refractivity contribution < 1.29 is 14.3 Å². The van der Waals surface area contributed by atoms with Crippen molar-refractivity contribution in [3.8, 4) is 22.6 Å². The molecule has 0 saturated carbocycles. The molecule has 0 spiro atoms. The van der Waals surface area contributed by atoms with E-state index in [1.54, 1.807) is 11.3 Å². The second kappa shape index (κ2) is 13.1. The van der Waals surface area contributed by atoms with Crippen molar-refractivity contribution in [1.82, 2.24) is 14.7 Å². The molecule has 41 heavy (non-hydrogen) atoms.